The lowest BCUT2D eigenvalue weighted by Gasteiger charge is -2.20. The van der Waals surface area contributed by atoms with Gasteiger partial charge in [-0.3, -0.25) is 0 Å². The van der Waals surface area contributed by atoms with Crippen LogP contribution in [-0.4, -0.2) is 28.7 Å². The minimum atomic E-state index is -2.14. The van der Waals surface area contributed by atoms with Crippen molar-refractivity contribution in [3.05, 3.63) is 0 Å². The quantitative estimate of drug-likeness (QED) is 0.791. The second kappa shape index (κ2) is 5.70. The van der Waals surface area contributed by atoms with E-state index in [2.05, 4.69) is 9.47 Å². The van der Waals surface area contributed by atoms with E-state index in [1.165, 1.54) is 0 Å². The number of hydrogen-bond acceptors (Lipinski definition) is 4. The van der Waals surface area contributed by atoms with Crippen molar-refractivity contribution in [2.45, 2.75) is 9.36 Å². The number of rotatable bonds is 2. The molecule has 0 aromatic carbocycles. The summed E-state index contributed by atoms with van der Waals surface area (Å²) in [6.07, 6.45) is -2.26. The molecule has 0 aliphatic heterocycles. The largest absolute Gasteiger partial charge is 0.453 e. The maximum Gasteiger partial charge on any atom is 0.419 e. The van der Waals surface area contributed by atoms with E-state index in [1.54, 1.807) is 5.32 Å². The minimum Gasteiger partial charge on any atom is -0.453 e. The Balaban J connectivity index is 4.12. The Morgan fingerprint density at radius 2 is 1.79 bits per heavy atom. The Bertz CT molecular complexity index is 232. The van der Waals surface area contributed by atoms with Crippen molar-refractivity contribution in [2.75, 3.05) is 7.11 Å². The lowest BCUT2D eigenvalue weighted by molar-refractivity contribution is 0.114. The summed E-state index contributed by atoms with van der Waals surface area (Å²) < 4.78 is 6.24. The number of halogens is 4. The van der Waals surface area contributed by atoms with Crippen molar-refractivity contribution < 1.29 is 19.1 Å². The van der Waals surface area contributed by atoms with Gasteiger partial charge in [0.1, 0.15) is 0 Å². The first-order valence-corrected chi connectivity index (χ1v) is 4.66. The monoisotopic (exact) mass is 283 g/mol. The van der Waals surface area contributed by atoms with Crippen LogP contribution in [-0.2, 0) is 9.47 Å². The summed E-state index contributed by atoms with van der Waals surface area (Å²) in [7, 11) is 1.06. The van der Waals surface area contributed by atoms with Gasteiger partial charge in [-0.1, -0.05) is 46.4 Å². The summed E-state index contributed by atoms with van der Waals surface area (Å²) in [5, 5.41) is 1.63. The number of amides is 2. The third-order valence-electron chi connectivity index (χ3n) is 0.872. The van der Waals surface area contributed by atoms with Crippen LogP contribution < -0.4 is 5.32 Å². The topological polar surface area (TPSA) is 64.6 Å². The highest BCUT2D eigenvalue weighted by molar-refractivity contribution is 6.59. The lowest BCUT2D eigenvalue weighted by Crippen LogP contribution is -2.38. The number of nitrogens with one attached hydrogen (secondary N) is 1. The van der Waals surface area contributed by atoms with Gasteiger partial charge in [0.15, 0.2) is 4.84 Å². The zero-order valence-corrected chi connectivity index (χ0v) is 9.75. The van der Waals surface area contributed by atoms with E-state index >= 15 is 0 Å². The van der Waals surface area contributed by atoms with Crippen molar-refractivity contribution in [1.29, 1.82) is 0 Å². The van der Waals surface area contributed by atoms with Crippen molar-refractivity contribution >= 4 is 58.6 Å². The van der Waals surface area contributed by atoms with E-state index in [0.717, 1.165) is 7.11 Å². The molecule has 82 valence electrons. The van der Waals surface area contributed by atoms with Gasteiger partial charge in [0.05, 0.1) is 7.11 Å². The first-order chi connectivity index (χ1) is 6.29. The molecule has 0 unspecified atom stereocenters. The molecule has 0 saturated heterocycles. The molecule has 0 aliphatic rings. The molecule has 0 heterocycles. The number of carbonyl (C=O) groups excluding carboxylic acids is 2. The van der Waals surface area contributed by atoms with Gasteiger partial charge in [0.2, 0.25) is 0 Å². The standard InChI is InChI=1S/C5H5Cl4NO4/c1-13-3(11)10-4(12)14-5(8,9)2(6)7/h2H,1H3,(H,10,11,12). The van der Waals surface area contributed by atoms with E-state index in [9.17, 15) is 9.59 Å². The highest BCUT2D eigenvalue weighted by atomic mass is 35.5. The molecule has 9 heteroatoms. The van der Waals surface area contributed by atoms with Crippen molar-refractivity contribution in [1.82, 2.24) is 5.32 Å². The molecule has 2 amide bonds. The Kier molecular flexibility index (Phi) is 5.66. The summed E-state index contributed by atoms with van der Waals surface area (Å²) in [6.45, 7) is 0. The van der Waals surface area contributed by atoms with Crippen LogP contribution in [0.4, 0.5) is 9.59 Å². The fourth-order valence-corrected chi connectivity index (χ4v) is 0.557. The van der Waals surface area contributed by atoms with Crippen molar-refractivity contribution in [3.63, 3.8) is 0 Å². The maximum atomic E-state index is 10.8. The maximum absolute atomic E-state index is 10.8. The molecule has 0 radical (unpaired) electrons. The molecule has 14 heavy (non-hydrogen) atoms. The summed E-state index contributed by atoms with van der Waals surface area (Å²) >= 11 is 21.2. The third-order valence-corrected chi connectivity index (χ3v) is 2.52. The summed E-state index contributed by atoms with van der Waals surface area (Å²) in [5.74, 6) is 0. The first kappa shape index (κ1) is 13.9. The summed E-state index contributed by atoms with van der Waals surface area (Å²) in [4.78, 5) is 19.9. The highest BCUT2D eigenvalue weighted by Gasteiger charge is 2.37. The van der Waals surface area contributed by atoms with Crippen LogP contribution in [0, 0.1) is 0 Å². The fourth-order valence-electron chi connectivity index (χ4n) is 0.328. The molecule has 0 saturated carbocycles. The lowest BCUT2D eigenvalue weighted by atomic mass is 10.8. The van der Waals surface area contributed by atoms with Gasteiger partial charge >= 0.3 is 12.2 Å². The van der Waals surface area contributed by atoms with Gasteiger partial charge in [-0.25, -0.2) is 14.9 Å². The minimum absolute atomic E-state index is 1.03. The zero-order chi connectivity index (χ0) is 11.4. The molecule has 0 fully saturated rings. The number of hydrogen-bond donors (Lipinski definition) is 1. The Morgan fingerprint density at radius 1 is 1.29 bits per heavy atom. The van der Waals surface area contributed by atoms with Crippen LogP contribution in [0.1, 0.15) is 0 Å². The van der Waals surface area contributed by atoms with Crippen LogP contribution in [0.5, 0.6) is 0 Å². The number of methoxy groups -OCH3 is 1. The van der Waals surface area contributed by atoms with Crippen molar-refractivity contribution in [2.24, 2.45) is 0 Å². The third kappa shape index (κ3) is 4.95. The molecule has 0 aromatic heterocycles. The Labute approximate surface area is 99.5 Å². The van der Waals surface area contributed by atoms with Gasteiger partial charge in [-0.05, 0) is 0 Å². The van der Waals surface area contributed by atoms with Crippen LogP contribution in [0.2, 0.25) is 0 Å². The normalized spacial score (nSPS) is 11.0. The Morgan fingerprint density at radius 3 is 2.14 bits per heavy atom. The van der Waals surface area contributed by atoms with E-state index in [0.29, 0.717) is 0 Å². The van der Waals surface area contributed by atoms with E-state index in [-0.39, 0.29) is 0 Å². The van der Waals surface area contributed by atoms with E-state index < -0.39 is 21.5 Å². The second-order valence-electron chi connectivity index (χ2n) is 1.87. The SMILES string of the molecule is COC(=O)NC(=O)OC(Cl)(Cl)C(Cl)Cl. The number of carbonyl (C=O) groups is 2. The molecule has 0 rings (SSSR count). The van der Waals surface area contributed by atoms with Crippen LogP contribution in [0.25, 0.3) is 0 Å². The summed E-state index contributed by atoms with van der Waals surface area (Å²) in [5.41, 5.74) is 0. The average Bonchev–Trinajstić information content (AvgIpc) is 2.02. The predicted molar refractivity (Wildman–Crippen MR) is 52.0 cm³/mol. The molecule has 0 aromatic rings. The molecule has 1 N–H and O–H groups in total. The van der Waals surface area contributed by atoms with Gasteiger partial charge in [0.25, 0.3) is 4.52 Å². The van der Waals surface area contributed by atoms with Crippen molar-refractivity contribution in [3.8, 4) is 0 Å². The average molecular weight is 285 g/mol. The van der Waals surface area contributed by atoms with Crippen LogP contribution in [0.3, 0.4) is 0 Å². The number of alkyl carbamates (subject to hydrolysis) is 2. The fraction of sp³-hybridized carbons (Fsp3) is 0.600. The highest BCUT2D eigenvalue weighted by Crippen LogP contribution is 2.33. The van der Waals surface area contributed by atoms with Gasteiger partial charge < -0.3 is 9.47 Å². The number of ether oxygens (including phenoxy) is 2. The van der Waals surface area contributed by atoms with Crippen LogP contribution in [0.15, 0.2) is 0 Å². The summed E-state index contributed by atoms with van der Waals surface area (Å²) in [6, 6.07) is 0. The molecule has 0 bridgehead atoms. The second-order valence-corrected chi connectivity index (χ2v) is 4.28. The number of imide groups is 1. The first-order valence-electron chi connectivity index (χ1n) is 3.03. The van der Waals surface area contributed by atoms with E-state index in [1.807, 2.05) is 0 Å². The molecule has 0 atom stereocenters. The van der Waals surface area contributed by atoms with E-state index in [4.69, 9.17) is 46.4 Å². The molecular formula is C5H5Cl4NO4. The Hall–Kier alpha value is -0.100. The predicted octanol–water partition coefficient (Wildman–Crippen LogP) is 2.41. The zero-order valence-electron chi connectivity index (χ0n) is 6.72. The molecule has 0 aliphatic carbocycles. The molecule has 5 nitrogen and oxygen atoms in total. The molecular weight excluding hydrogens is 280 g/mol. The van der Waals surface area contributed by atoms with Gasteiger partial charge in [0, 0.05) is 0 Å². The number of alkyl halides is 4. The van der Waals surface area contributed by atoms with Gasteiger partial charge in [-0.2, -0.15) is 0 Å². The van der Waals surface area contributed by atoms with Gasteiger partial charge in [-0.15, -0.1) is 0 Å². The smallest absolute Gasteiger partial charge is 0.419 e. The molecule has 0 spiro atoms. The van der Waals surface area contributed by atoms with Crippen LogP contribution >= 0.6 is 46.4 Å².